The second-order valence-corrected chi connectivity index (χ2v) is 9.65. The highest BCUT2D eigenvalue weighted by Crippen LogP contribution is 2.39. The number of carboxylic acid groups (broad SMARTS) is 1. The first-order valence-electron chi connectivity index (χ1n) is 12.0. The van der Waals surface area contributed by atoms with Crippen molar-refractivity contribution in [3.05, 3.63) is 47.5 Å². The van der Waals surface area contributed by atoms with Gasteiger partial charge in [-0.15, -0.1) is 6.42 Å². The molecule has 4 heterocycles. The fourth-order valence-electron chi connectivity index (χ4n) is 4.78. The van der Waals surface area contributed by atoms with Crippen molar-refractivity contribution in [2.45, 2.75) is 49.1 Å². The minimum absolute atomic E-state index is 0.0823. The number of aromatic nitrogens is 4. The van der Waals surface area contributed by atoms with Crippen LogP contribution in [0.15, 0.2) is 36.7 Å². The van der Waals surface area contributed by atoms with E-state index in [9.17, 15) is 25.2 Å². The molecule has 1 aromatic carbocycles. The predicted octanol–water partition coefficient (Wildman–Crippen LogP) is 0.386. The molecule has 2 aromatic heterocycles. The molecule has 6 atom stereocenters. The van der Waals surface area contributed by atoms with Crippen molar-refractivity contribution >= 4 is 34.6 Å². The first kappa shape index (κ1) is 26.3. The highest BCUT2D eigenvalue weighted by molar-refractivity contribution is 6.28. The molecular formula is C25H26ClN5O7. The van der Waals surface area contributed by atoms with E-state index in [1.54, 1.807) is 24.3 Å². The van der Waals surface area contributed by atoms with Gasteiger partial charge in [-0.25, -0.2) is 9.78 Å². The number of carboxylic acids is 1. The summed E-state index contributed by atoms with van der Waals surface area (Å²) in [5.41, 5.74) is -0.869. The largest absolute Gasteiger partial charge is 0.479 e. The van der Waals surface area contributed by atoms with Gasteiger partial charge in [-0.2, -0.15) is 9.97 Å². The van der Waals surface area contributed by atoms with Crippen molar-refractivity contribution in [3.8, 4) is 12.3 Å². The average Bonchev–Trinajstić information content (AvgIpc) is 3.59. The maximum atomic E-state index is 11.8. The van der Waals surface area contributed by atoms with Crippen molar-refractivity contribution in [2.75, 3.05) is 24.6 Å². The van der Waals surface area contributed by atoms with Crippen LogP contribution in [-0.4, -0.2) is 95.6 Å². The van der Waals surface area contributed by atoms with Crippen LogP contribution in [0.25, 0.3) is 11.2 Å². The van der Waals surface area contributed by atoms with E-state index in [0.29, 0.717) is 30.8 Å². The van der Waals surface area contributed by atoms with E-state index in [1.807, 2.05) is 11.0 Å². The standard InChI is InChI=1S/C25H26ClN5O7/c1-2-25(36)17(12-37-16(23(34)35)10-14-6-4-3-5-7-14)38-22(19(25)33)31-13-27-18-20(28-24(26)29-21(18)31)30-9-8-15(32)11-30/h1,3-7,13,15-17,19,22,32-33,36H,8-12H2,(H,34,35)/t15-,16?,17-,19+,22-,25-/m1/s1. The normalized spacial score (nSPS) is 28.0. The Morgan fingerprint density at radius 1 is 1.32 bits per heavy atom. The lowest BCUT2D eigenvalue weighted by Gasteiger charge is -2.26. The summed E-state index contributed by atoms with van der Waals surface area (Å²) in [7, 11) is 0. The fraction of sp³-hybridized carbons (Fsp3) is 0.440. The van der Waals surface area contributed by atoms with Crippen LogP contribution in [0.4, 0.5) is 5.82 Å². The summed E-state index contributed by atoms with van der Waals surface area (Å²) < 4.78 is 12.9. The maximum Gasteiger partial charge on any atom is 0.333 e. The summed E-state index contributed by atoms with van der Waals surface area (Å²) in [4.78, 5) is 26.5. The molecule has 200 valence electrons. The third-order valence-electron chi connectivity index (χ3n) is 6.85. The molecule has 2 aliphatic heterocycles. The van der Waals surface area contributed by atoms with Gasteiger partial charge in [0.1, 0.15) is 12.2 Å². The lowest BCUT2D eigenvalue weighted by atomic mass is 9.93. The third kappa shape index (κ3) is 4.80. The van der Waals surface area contributed by atoms with Crippen LogP contribution < -0.4 is 4.90 Å². The number of aliphatic hydroxyl groups excluding tert-OH is 2. The van der Waals surface area contributed by atoms with Gasteiger partial charge in [0.25, 0.3) is 0 Å². The van der Waals surface area contributed by atoms with Crippen LogP contribution >= 0.6 is 11.6 Å². The van der Waals surface area contributed by atoms with Gasteiger partial charge in [0, 0.05) is 19.5 Å². The minimum atomic E-state index is -2.20. The Hall–Kier alpha value is -3.31. The number of aliphatic carboxylic acids is 1. The Balaban J connectivity index is 1.40. The van der Waals surface area contributed by atoms with Gasteiger partial charge in [0.2, 0.25) is 5.28 Å². The second-order valence-electron chi connectivity index (χ2n) is 9.31. The number of carbonyl (C=O) groups is 1. The molecule has 13 heteroatoms. The predicted molar refractivity (Wildman–Crippen MR) is 134 cm³/mol. The van der Waals surface area contributed by atoms with Crippen molar-refractivity contribution in [2.24, 2.45) is 0 Å². The van der Waals surface area contributed by atoms with Crippen LogP contribution in [0.2, 0.25) is 5.28 Å². The van der Waals surface area contributed by atoms with Crippen LogP contribution in [0.5, 0.6) is 0 Å². The first-order chi connectivity index (χ1) is 18.2. The molecule has 0 bridgehead atoms. The maximum absolute atomic E-state index is 11.8. The zero-order valence-electron chi connectivity index (χ0n) is 20.1. The van der Waals surface area contributed by atoms with Crippen LogP contribution in [-0.2, 0) is 20.7 Å². The monoisotopic (exact) mass is 543 g/mol. The molecular weight excluding hydrogens is 518 g/mol. The zero-order valence-corrected chi connectivity index (χ0v) is 20.8. The number of rotatable bonds is 8. The van der Waals surface area contributed by atoms with Gasteiger partial charge in [-0.05, 0) is 23.6 Å². The number of imidazole rings is 1. The number of fused-ring (bicyclic) bond motifs is 1. The van der Waals surface area contributed by atoms with Crippen molar-refractivity contribution in [1.82, 2.24) is 19.5 Å². The number of hydrogen-bond donors (Lipinski definition) is 4. The minimum Gasteiger partial charge on any atom is -0.479 e. The number of nitrogens with zero attached hydrogens (tertiary/aromatic N) is 5. The second kappa shape index (κ2) is 10.5. The summed E-state index contributed by atoms with van der Waals surface area (Å²) >= 11 is 6.19. The van der Waals surface area contributed by atoms with Gasteiger partial charge in [0.15, 0.2) is 34.9 Å². The van der Waals surface area contributed by atoms with Crippen LogP contribution in [0.3, 0.4) is 0 Å². The molecule has 2 saturated heterocycles. The quantitative estimate of drug-likeness (QED) is 0.229. The molecule has 12 nitrogen and oxygen atoms in total. The molecule has 5 rings (SSSR count). The van der Waals surface area contributed by atoms with E-state index in [4.69, 9.17) is 27.5 Å². The number of benzene rings is 1. The highest BCUT2D eigenvalue weighted by Gasteiger charge is 2.56. The lowest BCUT2D eigenvalue weighted by molar-refractivity contribution is -0.156. The summed E-state index contributed by atoms with van der Waals surface area (Å²) in [5, 5.41) is 41.7. The molecule has 0 amide bonds. The summed E-state index contributed by atoms with van der Waals surface area (Å²) in [6.07, 6.45) is 1.70. The Morgan fingerprint density at radius 2 is 2.08 bits per heavy atom. The van der Waals surface area contributed by atoms with Gasteiger partial charge in [-0.1, -0.05) is 36.3 Å². The number of halogens is 1. The summed E-state index contributed by atoms with van der Waals surface area (Å²) in [6, 6.07) is 8.94. The number of aliphatic hydroxyl groups is 3. The summed E-state index contributed by atoms with van der Waals surface area (Å²) in [5.74, 6) is 1.40. The number of terminal acetylenes is 1. The van der Waals surface area contributed by atoms with Gasteiger partial charge in [-0.3, -0.25) is 4.57 Å². The van der Waals surface area contributed by atoms with Gasteiger partial charge in [0.05, 0.1) is 19.0 Å². The number of hydrogen-bond acceptors (Lipinski definition) is 10. The van der Waals surface area contributed by atoms with E-state index >= 15 is 0 Å². The number of β-amino-alcohol motifs (C(OH)–C–C–N with tert-alkyl or cyclic N) is 1. The van der Waals surface area contributed by atoms with Crippen molar-refractivity contribution in [3.63, 3.8) is 0 Å². The molecule has 0 radical (unpaired) electrons. The molecule has 2 fully saturated rings. The third-order valence-corrected chi connectivity index (χ3v) is 7.02. The molecule has 0 aliphatic carbocycles. The van der Waals surface area contributed by atoms with E-state index in [-0.39, 0.29) is 17.4 Å². The molecule has 0 spiro atoms. The van der Waals surface area contributed by atoms with Gasteiger partial charge >= 0.3 is 5.97 Å². The van der Waals surface area contributed by atoms with Gasteiger partial charge < -0.3 is 34.8 Å². The van der Waals surface area contributed by atoms with E-state index < -0.39 is 48.8 Å². The van der Waals surface area contributed by atoms with E-state index in [0.717, 1.165) is 5.56 Å². The topological polar surface area (TPSA) is 163 Å². The smallest absolute Gasteiger partial charge is 0.333 e. The van der Waals surface area contributed by atoms with Crippen LogP contribution in [0.1, 0.15) is 18.2 Å². The van der Waals surface area contributed by atoms with Crippen molar-refractivity contribution < 1.29 is 34.7 Å². The lowest BCUT2D eigenvalue weighted by Crippen LogP contribution is -2.48. The first-order valence-corrected chi connectivity index (χ1v) is 12.3. The molecule has 1 unspecified atom stereocenters. The van der Waals surface area contributed by atoms with E-state index in [2.05, 4.69) is 20.9 Å². The number of anilines is 1. The number of ether oxygens (including phenoxy) is 2. The molecule has 38 heavy (non-hydrogen) atoms. The zero-order chi connectivity index (χ0) is 27.0. The van der Waals surface area contributed by atoms with Crippen LogP contribution in [0, 0.1) is 12.3 Å². The molecule has 3 aromatic rings. The van der Waals surface area contributed by atoms with E-state index in [1.165, 1.54) is 10.9 Å². The Bertz CT molecular complexity index is 1370. The molecule has 0 saturated carbocycles. The average molecular weight is 544 g/mol. The fourth-order valence-corrected chi connectivity index (χ4v) is 4.94. The Kier molecular flexibility index (Phi) is 7.23. The summed E-state index contributed by atoms with van der Waals surface area (Å²) in [6.45, 7) is 0.488. The SMILES string of the molecule is C#C[C@@]1(O)[C@@H](COC(Cc2ccccc2)C(=O)O)O[C@@H](n2cnc3c(N4CC[C@@H](O)C4)nc(Cl)nc32)[C@@H]1O. The highest BCUT2D eigenvalue weighted by atomic mass is 35.5. The Morgan fingerprint density at radius 3 is 2.74 bits per heavy atom. The Labute approximate surface area is 222 Å². The molecule has 2 aliphatic rings. The molecule has 4 N–H and O–H groups in total. The van der Waals surface area contributed by atoms with Crippen molar-refractivity contribution in [1.29, 1.82) is 0 Å².